The van der Waals surface area contributed by atoms with Crippen molar-refractivity contribution in [3.63, 3.8) is 0 Å². The van der Waals surface area contributed by atoms with Gasteiger partial charge in [-0.05, 0) is 39.2 Å². The SMILES string of the molecule is CC(C)(C)OC(=O)N(Cc1ccccc1)[C@H]1C=CCC[C@@]1(C)C=O. The van der Waals surface area contributed by atoms with E-state index in [9.17, 15) is 9.59 Å². The van der Waals surface area contributed by atoms with Crippen molar-refractivity contribution < 1.29 is 14.3 Å². The van der Waals surface area contributed by atoms with Gasteiger partial charge in [0.15, 0.2) is 0 Å². The number of rotatable bonds is 4. The molecule has 4 nitrogen and oxygen atoms in total. The summed E-state index contributed by atoms with van der Waals surface area (Å²) in [7, 11) is 0. The van der Waals surface area contributed by atoms with Crippen LogP contribution in [-0.4, -0.2) is 28.9 Å². The van der Waals surface area contributed by atoms with Crippen molar-refractivity contribution in [2.24, 2.45) is 5.41 Å². The monoisotopic (exact) mass is 329 g/mol. The molecule has 1 aromatic carbocycles. The largest absolute Gasteiger partial charge is 0.444 e. The van der Waals surface area contributed by atoms with Crippen molar-refractivity contribution in [2.45, 2.75) is 58.7 Å². The zero-order valence-electron chi connectivity index (χ0n) is 15.0. The summed E-state index contributed by atoms with van der Waals surface area (Å²) in [5.74, 6) is 0. The molecule has 0 N–H and O–H groups in total. The summed E-state index contributed by atoms with van der Waals surface area (Å²) in [5.41, 5.74) is -0.168. The van der Waals surface area contributed by atoms with Gasteiger partial charge >= 0.3 is 6.09 Å². The first kappa shape index (κ1) is 18.2. The summed E-state index contributed by atoms with van der Waals surface area (Å²) in [6.07, 6.45) is 6.16. The van der Waals surface area contributed by atoms with Crippen LogP contribution in [0.25, 0.3) is 0 Å². The van der Waals surface area contributed by atoms with Gasteiger partial charge in [-0.2, -0.15) is 0 Å². The van der Waals surface area contributed by atoms with Gasteiger partial charge < -0.3 is 9.53 Å². The molecule has 2 rings (SSSR count). The molecule has 130 valence electrons. The lowest BCUT2D eigenvalue weighted by atomic mass is 9.75. The van der Waals surface area contributed by atoms with Gasteiger partial charge in [0.2, 0.25) is 0 Å². The standard InChI is InChI=1S/C20H27NO3/c1-19(2,3)24-18(23)21(14-16-10-6-5-7-11-16)17-12-8-9-13-20(17,4)15-22/h5-8,10-12,15,17H,9,13-14H2,1-4H3/t17-,20-/m0/s1. The van der Waals surface area contributed by atoms with E-state index in [-0.39, 0.29) is 6.04 Å². The number of carbonyl (C=O) groups excluding carboxylic acids is 2. The van der Waals surface area contributed by atoms with E-state index in [2.05, 4.69) is 0 Å². The first-order valence-corrected chi connectivity index (χ1v) is 8.42. The first-order valence-electron chi connectivity index (χ1n) is 8.42. The fourth-order valence-electron chi connectivity index (χ4n) is 2.95. The molecule has 1 amide bonds. The van der Waals surface area contributed by atoms with E-state index in [1.165, 1.54) is 0 Å². The van der Waals surface area contributed by atoms with Crippen LogP contribution >= 0.6 is 0 Å². The number of hydrogen-bond donors (Lipinski definition) is 0. The number of benzene rings is 1. The topological polar surface area (TPSA) is 46.6 Å². The van der Waals surface area contributed by atoms with Gasteiger partial charge in [0.05, 0.1) is 6.04 Å². The quantitative estimate of drug-likeness (QED) is 0.609. The normalized spacial score (nSPS) is 23.6. The maximum atomic E-state index is 12.8. The van der Waals surface area contributed by atoms with Crippen LogP contribution in [0.3, 0.4) is 0 Å². The van der Waals surface area contributed by atoms with E-state index < -0.39 is 17.1 Å². The molecule has 0 heterocycles. The molecule has 0 radical (unpaired) electrons. The Balaban J connectivity index is 2.34. The molecule has 1 aromatic rings. The van der Waals surface area contributed by atoms with E-state index in [0.29, 0.717) is 6.54 Å². The van der Waals surface area contributed by atoms with Gasteiger partial charge in [0.25, 0.3) is 0 Å². The fourth-order valence-corrected chi connectivity index (χ4v) is 2.95. The number of ether oxygens (including phenoxy) is 1. The summed E-state index contributed by atoms with van der Waals surface area (Å²) in [5, 5.41) is 0. The van der Waals surface area contributed by atoms with E-state index >= 15 is 0 Å². The number of amides is 1. The Labute approximate surface area is 144 Å². The lowest BCUT2D eigenvalue weighted by Crippen LogP contribution is -2.51. The van der Waals surface area contributed by atoms with Crippen LogP contribution in [0, 0.1) is 5.41 Å². The zero-order chi connectivity index (χ0) is 17.8. The molecule has 0 saturated heterocycles. The van der Waals surface area contributed by atoms with Crippen LogP contribution in [0.2, 0.25) is 0 Å². The minimum absolute atomic E-state index is 0.307. The maximum Gasteiger partial charge on any atom is 0.411 e. The molecule has 24 heavy (non-hydrogen) atoms. The molecular formula is C20H27NO3. The summed E-state index contributed by atoms with van der Waals surface area (Å²) in [4.78, 5) is 26.2. The Morgan fingerprint density at radius 1 is 1.33 bits per heavy atom. The van der Waals surface area contributed by atoms with Gasteiger partial charge in [0.1, 0.15) is 11.9 Å². The van der Waals surface area contributed by atoms with Gasteiger partial charge in [-0.1, -0.05) is 49.4 Å². The lowest BCUT2D eigenvalue weighted by molar-refractivity contribution is -0.118. The number of aldehydes is 1. The zero-order valence-corrected chi connectivity index (χ0v) is 15.0. The van der Waals surface area contributed by atoms with Crippen LogP contribution in [0.15, 0.2) is 42.5 Å². The second kappa shape index (κ2) is 7.20. The molecule has 0 saturated carbocycles. The van der Waals surface area contributed by atoms with E-state index in [1.54, 1.807) is 4.90 Å². The van der Waals surface area contributed by atoms with Crippen LogP contribution in [-0.2, 0) is 16.1 Å². The Kier molecular flexibility index (Phi) is 5.47. The van der Waals surface area contributed by atoms with Crippen LogP contribution in [0.5, 0.6) is 0 Å². The number of allylic oxidation sites excluding steroid dienone is 1. The highest BCUT2D eigenvalue weighted by atomic mass is 16.6. The second-order valence-corrected chi connectivity index (χ2v) is 7.63. The third-order valence-corrected chi connectivity index (χ3v) is 4.27. The lowest BCUT2D eigenvalue weighted by Gasteiger charge is -2.41. The Morgan fingerprint density at radius 3 is 2.58 bits per heavy atom. The molecule has 0 fully saturated rings. The molecule has 0 aromatic heterocycles. The number of nitrogens with zero attached hydrogens (tertiary/aromatic N) is 1. The molecule has 2 atom stereocenters. The van der Waals surface area contributed by atoms with Crippen LogP contribution < -0.4 is 0 Å². The maximum absolute atomic E-state index is 12.8. The number of hydrogen-bond acceptors (Lipinski definition) is 3. The summed E-state index contributed by atoms with van der Waals surface area (Å²) in [6.45, 7) is 7.87. The van der Waals surface area contributed by atoms with Crippen LogP contribution in [0.4, 0.5) is 4.79 Å². The first-order chi connectivity index (χ1) is 11.2. The summed E-state index contributed by atoms with van der Waals surface area (Å²) < 4.78 is 5.60. The Morgan fingerprint density at radius 2 is 2.00 bits per heavy atom. The predicted molar refractivity (Wildman–Crippen MR) is 94.6 cm³/mol. The minimum atomic E-state index is -0.597. The average molecular weight is 329 g/mol. The highest BCUT2D eigenvalue weighted by molar-refractivity contribution is 5.71. The van der Waals surface area contributed by atoms with Gasteiger partial charge in [-0.3, -0.25) is 4.90 Å². The minimum Gasteiger partial charge on any atom is -0.444 e. The molecule has 1 aliphatic rings. The van der Waals surface area contributed by atoms with Crippen molar-refractivity contribution >= 4 is 12.4 Å². The summed E-state index contributed by atoms with van der Waals surface area (Å²) >= 11 is 0. The molecule has 0 aliphatic heterocycles. The average Bonchev–Trinajstić information content (AvgIpc) is 2.53. The van der Waals surface area contributed by atoms with E-state index in [1.807, 2.05) is 70.2 Å². The van der Waals surface area contributed by atoms with Crippen molar-refractivity contribution in [1.82, 2.24) is 4.90 Å². The van der Waals surface area contributed by atoms with E-state index in [4.69, 9.17) is 4.74 Å². The smallest absolute Gasteiger partial charge is 0.411 e. The molecular weight excluding hydrogens is 302 g/mol. The molecule has 0 bridgehead atoms. The highest BCUT2D eigenvalue weighted by Gasteiger charge is 2.41. The highest BCUT2D eigenvalue weighted by Crippen LogP contribution is 2.35. The molecule has 1 aliphatic carbocycles. The third-order valence-electron chi connectivity index (χ3n) is 4.27. The number of carbonyl (C=O) groups is 2. The van der Waals surface area contributed by atoms with Crippen molar-refractivity contribution in [1.29, 1.82) is 0 Å². The molecule has 4 heteroatoms. The Bertz CT molecular complexity index is 603. The van der Waals surface area contributed by atoms with Gasteiger partial charge in [0, 0.05) is 12.0 Å². The second-order valence-electron chi connectivity index (χ2n) is 7.63. The van der Waals surface area contributed by atoms with Crippen molar-refractivity contribution in [3.05, 3.63) is 48.0 Å². The fraction of sp³-hybridized carbons (Fsp3) is 0.500. The van der Waals surface area contributed by atoms with Crippen molar-refractivity contribution in [3.8, 4) is 0 Å². The molecule has 0 spiro atoms. The van der Waals surface area contributed by atoms with Crippen molar-refractivity contribution in [2.75, 3.05) is 0 Å². The third kappa shape index (κ3) is 4.47. The molecule has 0 unspecified atom stereocenters. The van der Waals surface area contributed by atoms with E-state index in [0.717, 1.165) is 24.7 Å². The Hall–Kier alpha value is -2.10. The van der Waals surface area contributed by atoms with Crippen LogP contribution in [0.1, 0.15) is 46.1 Å². The predicted octanol–water partition coefficient (Wildman–Crippen LogP) is 4.35. The summed E-state index contributed by atoms with van der Waals surface area (Å²) in [6, 6.07) is 9.47. The van der Waals surface area contributed by atoms with Gasteiger partial charge in [-0.25, -0.2) is 4.79 Å². The van der Waals surface area contributed by atoms with Gasteiger partial charge in [-0.15, -0.1) is 0 Å².